The lowest BCUT2D eigenvalue weighted by molar-refractivity contribution is 0.506. The van der Waals surface area contributed by atoms with E-state index in [1.807, 2.05) is 18.2 Å². The van der Waals surface area contributed by atoms with Crippen molar-refractivity contribution >= 4 is 39.1 Å². The summed E-state index contributed by atoms with van der Waals surface area (Å²) in [6, 6.07) is 14.4. The molecule has 0 bridgehead atoms. The van der Waals surface area contributed by atoms with Crippen LogP contribution in [0.25, 0.3) is 0 Å². The first-order chi connectivity index (χ1) is 9.85. The maximum absolute atomic E-state index is 6.59. The van der Waals surface area contributed by atoms with Crippen LogP contribution in [0.1, 0.15) is 49.3 Å². The molecule has 0 nitrogen and oxygen atoms in total. The monoisotopic (exact) mass is 384 g/mol. The highest BCUT2D eigenvalue weighted by Gasteiger charge is 2.19. The van der Waals surface area contributed by atoms with Gasteiger partial charge >= 0.3 is 0 Å². The summed E-state index contributed by atoms with van der Waals surface area (Å²) >= 11 is 16.1. The molecule has 21 heavy (non-hydrogen) atoms. The molecule has 0 saturated carbocycles. The van der Waals surface area contributed by atoms with E-state index >= 15 is 0 Å². The summed E-state index contributed by atoms with van der Waals surface area (Å²) in [5.74, 6) is 0. The first-order valence-electron chi connectivity index (χ1n) is 7.04. The highest BCUT2D eigenvalue weighted by atomic mass is 79.9. The Labute approximate surface area is 145 Å². The van der Waals surface area contributed by atoms with Gasteiger partial charge in [-0.3, -0.25) is 0 Å². The predicted octanol–water partition coefficient (Wildman–Crippen LogP) is 7.12. The summed E-state index contributed by atoms with van der Waals surface area (Å²) in [5.41, 5.74) is 3.68. The lowest BCUT2D eigenvalue weighted by Crippen LogP contribution is -2.15. The van der Waals surface area contributed by atoms with Gasteiger partial charge in [0, 0.05) is 4.47 Å². The fourth-order valence-corrected chi connectivity index (χ4v) is 2.97. The minimum absolute atomic E-state index is 0.169. The number of halogens is 3. The zero-order chi connectivity index (χ0) is 15.6. The quantitative estimate of drug-likeness (QED) is 0.491. The average Bonchev–Trinajstić information content (AvgIpc) is 2.49. The van der Waals surface area contributed by atoms with Crippen molar-refractivity contribution in [2.45, 2.75) is 38.0 Å². The minimum Gasteiger partial charge on any atom is -0.113 e. The van der Waals surface area contributed by atoms with Crippen molar-refractivity contribution in [3.8, 4) is 0 Å². The van der Waals surface area contributed by atoms with Crippen LogP contribution >= 0.6 is 39.1 Å². The number of benzene rings is 2. The van der Waals surface area contributed by atoms with Gasteiger partial charge in [0.2, 0.25) is 0 Å². The van der Waals surface area contributed by atoms with E-state index in [4.69, 9.17) is 23.2 Å². The van der Waals surface area contributed by atoms with Crippen molar-refractivity contribution in [1.29, 1.82) is 0 Å². The predicted molar refractivity (Wildman–Crippen MR) is 96.6 cm³/mol. The Hall–Kier alpha value is -0.500. The average molecular weight is 386 g/mol. The summed E-state index contributed by atoms with van der Waals surface area (Å²) in [7, 11) is 0. The van der Waals surface area contributed by atoms with Gasteiger partial charge in [-0.25, -0.2) is 0 Å². The summed E-state index contributed by atoms with van der Waals surface area (Å²) in [6.07, 6.45) is 1.11. The largest absolute Gasteiger partial charge is 0.113 e. The number of hydrogen-bond acceptors (Lipinski definition) is 0. The number of alkyl halides is 1. The Kier molecular flexibility index (Phi) is 5.40. The molecule has 2 aromatic carbocycles. The molecule has 0 aliphatic rings. The van der Waals surface area contributed by atoms with Gasteiger partial charge in [0.05, 0.1) is 10.4 Å². The summed E-state index contributed by atoms with van der Waals surface area (Å²) in [4.78, 5) is 0. The molecular formula is C18H19BrCl2. The molecule has 2 aromatic rings. The standard InChI is InChI=1S/C18H19BrCl2/c1-4-18(2,3)14-8-5-12(6-9-14)17(21)13-7-10-16(20)15(19)11-13/h5-11,17H,4H2,1-3H3. The van der Waals surface area contributed by atoms with E-state index in [2.05, 4.69) is 61.0 Å². The molecule has 0 aliphatic carbocycles. The fourth-order valence-electron chi connectivity index (χ4n) is 2.17. The first kappa shape index (κ1) is 16.9. The second-order valence-corrected chi connectivity index (χ2v) is 7.59. The lowest BCUT2D eigenvalue weighted by atomic mass is 9.82. The third kappa shape index (κ3) is 3.83. The van der Waals surface area contributed by atoms with Crippen molar-refractivity contribution in [3.05, 3.63) is 68.7 Å². The maximum Gasteiger partial charge on any atom is 0.0835 e. The van der Waals surface area contributed by atoms with Crippen molar-refractivity contribution < 1.29 is 0 Å². The van der Waals surface area contributed by atoms with Crippen LogP contribution in [0.15, 0.2) is 46.9 Å². The number of rotatable bonds is 4. The molecular weight excluding hydrogens is 367 g/mol. The molecule has 0 spiro atoms. The molecule has 1 atom stereocenters. The van der Waals surface area contributed by atoms with Crippen LogP contribution in [-0.2, 0) is 5.41 Å². The van der Waals surface area contributed by atoms with E-state index in [-0.39, 0.29) is 10.8 Å². The summed E-state index contributed by atoms with van der Waals surface area (Å²) in [6.45, 7) is 6.73. The second-order valence-electron chi connectivity index (χ2n) is 5.90. The Balaban J connectivity index is 2.27. The molecule has 0 heterocycles. The molecule has 2 rings (SSSR count). The fraction of sp³-hybridized carbons (Fsp3) is 0.333. The molecule has 1 unspecified atom stereocenters. The molecule has 0 fully saturated rings. The van der Waals surface area contributed by atoms with Gasteiger partial charge in [-0.15, -0.1) is 11.6 Å². The van der Waals surface area contributed by atoms with Crippen molar-refractivity contribution in [1.82, 2.24) is 0 Å². The smallest absolute Gasteiger partial charge is 0.0835 e. The summed E-state index contributed by atoms with van der Waals surface area (Å²) < 4.78 is 0.871. The van der Waals surface area contributed by atoms with E-state index in [0.717, 1.165) is 22.0 Å². The van der Waals surface area contributed by atoms with Gasteiger partial charge in [0.25, 0.3) is 0 Å². The van der Waals surface area contributed by atoms with Crippen molar-refractivity contribution in [2.75, 3.05) is 0 Å². The molecule has 0 aromatic heterocycles. The SMILES string of the molecule is CCC(C)(C)c1ccc(C(Cl)c2ccc(Cl)c(Br)c2)cc1. The van der Waals surface area contributed by atoms with E-state index < -0.39 is 0 Å². The Morgan fingerprint density at radius 2 is 1.62 bits per heavy atom. The van der Waals surface area contributed by atoms with Crippen LogP contribution in [-0.4, -0.2) is 0 Å². The zero-order valence-corrected chi connectivity index (χ0v) is 15.6. The van der Waals surface area contributed by atoms with Gasteiger partial charge < -0.3 is 0 Å². The minimum atomic E-state index is -0.169. The molecule has 0 N–H and O–H groups in total. The van der Waals surface area contributed by atoms with Gasteiger partial charge in [-0.05, 0) is 56.6 Å². The van der Waals surface area contributed by atoms with Crippen LogP contribution in [0.4, 0.5) is 0 Å². The topological polar surface area (TPSA) is 0 Å². The van der Waals surface area contributed by atoms with Gasteiger partial charge in [0.15, 0.2) is 0 Å². The second kappa shape index (κ2) is 6.73. The molecule has 0 radical (unpaired) electrons. The third-order valence-corrected chi connectivity index (χ3v) is 5.82. The molecule has 0 aliphatic heterocycles. The Morgan fingerprint density at radius 1 is 1.05 bits per heavy atom. The van der Waals surface area contributed by atoms with Gasteiger partial charge in [-0.1, -0.05) is 62.7 Å². The lowest BCUT2D eigenvalue weighted by Gasteiger charge is -2.24. The van der Waals surface area contributed by atoms with Crippen LogP contribution in [0, 0.1) is 0 Å². The van der Waals surface area contributed by atoms with Crippen molar-refractivity contribution in [2.24, 2.45) is 0 Å². The van der Waals surface area contributed by atoms with E-state index in [1.165, 1.54) is 5.56 Å². The van der Waals surface area contributed by atoms with E-state index in [1.54, 1.807) is 0 Å². The van der Waals surface area contributed by atoms with Gasteiger partial charge in [0.1, 0.15) is 0 Å². The maximum atomic E-state index is 6.59. The normalized spacial score (nSPS) is 13.2. The van der Waals surface area contributed by atoms with Crippen LogP contribution < -0.4 is 0 Å². The molecule has 0 saturated heterocycles. The summed E-state index contributed by atoms with van der Waals surface area (Å²) in [5, 5.41) is 0.528. The third-order valence-electron chi connectivity index (χ3n) is 4.11. The Bertz CT molecular complexity index is 618. The highest BCUT2D eigenvalue weighted by Crippen LogP contribution is 2.34. The number of hydrogen-bond donors (Lipinski definition) is 0. The Morgan fingerprint density at radius 3 is 2.14 bits per heavy atom. The molecule has 0 amide bonds. The first-order valence-corrected chi connectivity index (χ1v) is 8.65. The van der Waals surface area contributed by atoms with Crippen LogP contribution in [0.3, 0.4) is 0 Å². The van der Waals surface area contributed by atoms with E-state index in [0.29, 0.717) is 5.02 Å². The van der Waals surface area contributed by atoms with Gasteiger partial charge in [-0.2, -0.15) is 0 Å². The van der Waals surface area contributed by atoms with Crippen LogP contribution in [0.2, 0.25) is 5.02 Å². The molecule has 3 heteroatoms. The van der Waals surface area contributed by atoms with E-state index in [9.17, 15) is 0 Å². The molecule has 112 valence electrons. The van der Waals surface area contributed by atoms with Crippen molar-refractivity contribution in [3.63, 3.8) is 0 Å². The highest BCUT2D eigenvalue weighted by molar-refractivity contribution is 9.10. The van der Waals surface area contributed by atoms with Crippen LogP contribution in [0.5, 0.6) is 0 Å². The zero-order valence-electron chi connectivity index (χ0n) is 12.5.